The van der Waals surface area contributed by atoms with Crippen LogP contribution in [0.25, 0.3) is 0 Å². The van der Waals surface area contributed by atoms with Gasteiger partial charge in [-0.3, -0.25) is 0 Å². The van der Waals surface area contributed by atoms with E-state index in [9.17, 15) is 9.50 Å². The van der Waals surface area contributed by atoms with Crippen LogP contribution in [-0.4, -0.2) is 37.5 Å². The molecule has 0 saturated carbocycles. The van der Waals surface area contributed by atoms with Crippen LogP contribution in [0.2, 0.25) is 0 Å². The highest BCUT2D eigenvalue weighted by molar-refractivity contribution is 5.23. The molecule has 0 aliphatic carbocycles. The van der Waals surface area contributed by atoms with Gasteiger partial charge in [-0.05, 0) is 24.3 Å². The van der Waals surface area contributed by atoms with Crippen molar-refractivity contribution in [2.24, 2.45) is 0 Å². The molecular formula is C17H20FNO3. The van der Waals surface area contributed by atoms with Gasteiger partial charge >= 0.3 is 0 Å². The molecule has 0 aliphatic rings. The van der Waals surface area contributed by atoms with Gasteiger partial charge in [-0.1, -0.05) is 30.3 Å². The maximum Gasteiger partial charge on any atom is 0.165 e. The standard InChI is InChI=1S/C17H20FNO3/c18-16-8-4-5-9-17(16)21-11-10-19-12-14(20)13-22-15-6-2-1-3-7-15/h1-9,14,19-20H,10-13H2/t14-/m0/s1. The minimum absolute atomic E-state index is 0.213. The summed E-state index contributed by atoms with van der Waals surface area (Å²) in [5.41, 5.74) is 0. The van der Waals surface area contributed by atoms with E-state index in [0.29, 0.717) is 19.7 Å². The Hall–Kier alpha value is -2.11. The monoisotopic (exact) mass is 305 g/mol. The van der Waals surface area contributed by atoms with Crippen LogP contribution in [0.5, 0.6) is 11.5 Å². The SMILES string of the molecule is O[C@@H](CNCCOc1ccccc1F)COc1ccccc1. The van der Waals surface area contributed by atoms with Crippen molar-refractivity contribution in [3.63, 3.8) is 0 Å². The number of hydrogen-bond donors (Lipinski definition) is 2. The molecule has 0 amide bonds. The molecule has 0 aliphatic heterocycles. The van der Waals surface area contributed by atoms with Crippen LogP contribution in [0.15, 0.2) is 54.6 Å². The van der Waals surface area contributed by atoms with Gasteiger partial charge in [0.2, 0.25) is 0 Å². The number of benzene rings is 2. The predicted octanol–water partition coefficient (Wildman–Crippen LogP) is 2.23. The van der Waals surface area contributed by atoms with E-state index < -0.39 is 6.10 Å². The molecule has 0 unspecified atom stereocenters. The quantitative estimate of drug-likeness (QED) is 0.698. The Morgan fingerprint density at radius 3 is 2.50 bits per heavy atom. The first-order valence-electron chi connectivity index (χ1n) is 7.19. The van der Waals surface area contributed by atoms with E-state index in [0.717, 1.165) is 5.75 Å². The Kier molecular flexibility index (Phi) is 6.67. The van der Waals surface area contributed by atoms with Gasteiger partial charge in [-0.2, -0.15) is 0 Å². The van der Waals surface area contributed by atoms with Gasteiger partial charge in [0.25, 0.3) is 0 Å². The summed E-state index contributed by atoms with van der Waals surface area (Å²) in [6.45, 7) is 1.43. The molecule has 22 heavy (non-hydrogen) atoms. The van der Waals surface area contributed by atoms with E-state index >= 15 is 0 Å². The lowest BCUT2D eigenvalue weighted by molar-refractivity contribution is 0.105. The molecule has 0 spiro atoms. The average Bonchev–Trinajstić information content (AvgIpc) is 2.55. The normalized spacial score (nSPS) is 11.9. The Morgan fingerprint density at radius 1 is 1.00 bits per heavy atom. The number of nitrogens with one attached hydrogen (secondary N) is 1. The van der Waals surface area contributed by atoms with Crippen molar-refractivity contribution in [2.45, 2.75) is 6.10 Å². The van der Waals surface area contributed by atoms with Crippen molar-refractivity contribution in [1.29, 1.82) is 0 Å². The van der Waals surface area contributed by atoms with Crippen LogP contribution < -0.4 is 14.8 Å². The van der Waals surface area contributed by atoms with E-state index in [2.05, 4.69) is 5.32 Å². The van der Waals surface area contributed by atoms with Crippen LogP contribution >= 0.6 is 0 Å². The topological polar surface area (TPSA) is 50.7 Å². The Labute approximate surface area is 129 Å². The van der Waals surface area contributed by atoms with Gasteiger partial charge in [-0.25, -0.2) is 4.39 Å². The second-order valence-electron chi connectivity index (χ2n) is 4.76. The number of halogens is 1. The van der Waals surface area contributed by atoms with E-state index in [1.165, 1.54) is 6.07 Å². The summed E-state index contributed by atoms with van der Waals surface area (Å²) in [5, 5.41) is 12.8. The number of aliphatic hydroxyl groups excluding tert-OH is 1. The summed E-state index contributed by atoms with van der Waals surface area (Å²) >= 11 is 0. The van der Waals surface area contributed by atoms with Crippen LogP contribution in [0, 0.1) is 5.82 Å². The van der Waals surface area contributed by atoms with Crippen molar-refractivity contribution >= 4 is 0 Å². The zero-order chi connectivity index (χ0) is 15.6. The molecule has 2 aromatic carbocycles. The third kappa shape index (κ3) is 5.71. The molecule has 0 bridgehead atoms. The van der Waals surface area contributed by atoms with Gasteiger partial charge in [-0.15, -0.1) is 0 Å². The van der Waals surface area contributed by atoms with Gasteiger partial charge in [0, 0.05) is 13.1 Å². The molecule has 118 valence electrons. The lowest BCUT2D eigenvalue weighted by Gasteiger charge is -2.13. The maximum absolute atomic E-state index is 13.3. The largest absolute Gasteiger partial charge is 0.491 e. The maximum atomic E-state index is 13.3. The molecule has 2 aromatic rings. The zero-order valence-electron chi connectivity index (χ0n) is 12.2. The highest BCUT2D eigenvalue weighted by Gasteiger charge is 2.05. The molecule has 0 heterocycles. The summed E-state index contributed by atoms with van der Waals surface area (Å²) in [6.07, 6.45) is -0.617. The highest BCUT2D eigenvalue weighted by atomic mass is 19.1. The number of ether oxygens (including phenoxy) is 2. The van der Waals surface area contributed by atoms with Crippen LogP contribution in [0.1, 0.15) is 0 Å². The predicted molar refractivity (Wildman–Crippen MR) is 82.7 cm³/mol. The molecule has 0 radical (unpaired) electrons. The van der Waals surface area contributed by atoms with Gasteiger partial charge in [0.05, 0.1) is 0 Å². The molecule has 2 rings (SSSR count). The van der Waals surface area contributed by atoms with Gasteiger partial charge in [0.15, 0.2) is 11.6 Å². The van der Waals surface area contributed by atoms with E-state index in [1.807, 2.05) is 30.3 Å². The Morgan fingerprint density at radius 2 is 1.73 bits per heavy atom. The van der Waals surface area contributed by atoms with Crippen molar-refractivity contribution in [1.82, 2.24) is 5.32 Å². The van der Waals surface area contributed by atoms with Crippen LogP contribution in [0.3, 0.4) is 0 Å². The van der Waals surface area contributed by atoms with Crippen LogP contribution in [0.4, 0.5) is 4.39 Å². The Balaban J connectivity index is 1.56. The first kappa shape index (κ1) is 16.3. The van der Waals surface area contributed by atoms with Crippen molar-refractivity contribution in [3.8, 4) is 11.5 Å². The first-order chi connectivity index (χ1) is 10.8. The van der Waals surface area contributed by atoms with Gasteiger partial charge < -0.3 is 19.9 Å². The lowest BCUT2D eigenvalue weighted by Crippen LogP contribution is -2.33. The second kappa shape index (κ2) is 9.02. The summed E-state index contributed by atoms with van der Waals surface area (Å²) in [4.78, 5) is 0. The summed E-state index contributed by atoms with van der Waals surface area (Å²) in [5.74, 6) is 0.584. The average molecular weight is 305 g/mol. The minimum Gasteiger partial charge on any atom is -0.491 e. The van der Waals surface area contributed by atoms with Crippen LogP contribution in [-0.2, 0) is 0 Å². The summed E-state index contributed by atoms with van der Waals surface area (Å²) < 4.78 is 24.0. The smallest absolute Gasteiger partial charge is 0.165 e. The molecule has 0 aromatic heterocycles. The number of hydrogen-bond acceptors (Lipinski definition) is 4. The zero-order valence-corrected chi connectivity index (χ0v) is 12.2. The third-order valence-electron chi connectivity index (χ3n) is 2.94. The second-order valence-corrected chi connectivity index (χ2v) is 4.76. The van der Waals surface area contributed by atoms with E-state index in [-0.39, 0.29) is 18.2 Å². The molecule has 4 nitrogen and oxygen atoms in total. The molecule has 2 N–H and O–H groups in total. The molecule has 0 fully saturated rings. The number of para-hydroxylation sites is 2. The number of aliphatic hydroxyl groups is 1. The fourth-order valence-electron chi connectivity index (χ4n) is 1.83. The Bertz CT molecular complexity index is 551. The highest BCUT2D eigenvalue weighted by Crippen LogP contribution is 2.14. The minimum atomic E-state index is -0.617. The molecule has 5 heteroatoms. The summed E-state index contributed by atoms with van der Waals surface area (Å²) in [7, 11) is 0. The number of rotatable bonds is 9. The van der Waals surface area contributed by atoms with Crippen molar-refractivity contribution in [3.05, 3.63) is 60.4 Å². The van der Waals surface area contributed by atoms with Crippen molar-refractivity contribution < 1.29 is 19.0 Å². The lowest BCUT2D eigenvalue weighted by atomic mass is 10.3. The van der Waals surface area contributed by atoms with Crippen molar-refractivity contribution in [2.75, 3.05) is 26.3 Å². The molecule has 1 atom stereocenters. The molecule has 0 saturated heterocycles. The molecular weight excluding hydrogens is 285 g/mol. The summed E-state index contributed by atoms with van der Waals surface area (Å²) in [6, 6.07) is 15.6. The van der Waals surface area contributed by atoms with E-state index in [4.69, 9.17) is 9.47 Å². The fraction of sp³-hybridized carbons (Fsp3) is 0.294. The fourth-order valence-corrected chi connectivity index (χ4v) is 1.83. The van der Waals surface area contributed by atoms with E-state index in [1.54, 1.807) is 18.2 Å². The first-order valence-corrected chi connectivity index (χ1v) is 7.19. The third-order valence-corrected chi connectivity index (χ3v) is 2.94. The van der Waals surface area contributed by atoms with Gasteiger partial charge in [0.1, 0.15) is 25.1 Å².